The number of carbonyl (C=O) groups excluding carboxylic acids is 1. The van der Waals surface area contributed by atoms with Crippen LogP contribution in [0.5, 0.6) is 0 Å². The molecule has 8 heteroatoms. The van der Waals surface area contributed by atoms with E-state index in [1.165, 1.54) is 28.7 Å². The maximum absolute atomic E-state index is 12.3. The third-order valence-corrected chi connectivity index (χ3v) is 5.67. The average molecular weight is 405 g/mol. The first kappa shape index (κ1) is 18.7. The second-order valence-electron chi connectivity index (χ2n) is 5.63. The van der Waals surface area contributed by atoms with E-state index in [9.17, 15) is 4.79 Å². The summed E-state index contributed by atoms with van der Waals surface area (Å²) >= 11 is 8.72. The van der Waals surface area contributed by atoms with Crippen LogP contribution in [-0.4, -0.2) is 21.4 Å². The number of benzene rings is 2. The third-order valence-electron chi connectivity index (χ3n) is 3.41. The Morgan fingerprint density at radius 1 is 1.15 bits per heavy atom. The highest BCUT2D eigenvalue weighted by Gasteiger charge is 2.17. The van der Waals surface area contributed by atoms with Gasteiger partial charge in [0, 0.05) is 16.4 Å². The highest BCUT2D eigenvalue weighted by molar-refractivity contribution is 8.02. The average Bonchev–Trinajstić information content (AvgIpc) is 3.01. The molecule has 3 rings (SSSR count). The second kappa shape index (κ2) is 8.53. The SMILES string of the molecule is Cc1cccc(Nc2nnc(S[C@@H](C)C(=O)Nc3cccc(Cl)c3)s2)c1. The molecule has 1 amide bonds. The van der Waals surface area contributed by atoms with Gasteiger partial charge in [0.05, 0.1) is 5.25 Å². The van der Waals surface area contributed by atoms with Crippen molar-refractivity contribution in [2.45, 2.75) is 23.4 Å². The van der Waals surface area contributed by atoms with E-state index in [0.29, 0.717) is 15.8 Å². The van der Waals surface area contributed by atoms with Crippen molar-refractivity contribution in [2.75, 3.05) is 10.6 Å². The van der Waals surface area contributed by atoms with Crippen LogP contribution < -0.4 is 10.6 Å². The highest BCUT2D eigenvalue weighted by atomic mass is 35.5. The van der Waals surface area contributed by atoms with Crippen molar-refractivity contribution in [1.82, 2.24) is 10.2 Å². The first-order valence-electron chi connectivity index (χ1n) is 7.90. The van der Waals surface area contributed by atoms with Gasteiger partial charge in [-0.15, -0.1) is 10.2 Å². The van der Waals surface area contributed by atoms with Gasteiger partial charge in [-0.2, -0.15) is 0 Å². The molecule has 0 aliphatic rings. The van der Waals surface area contributed by atoms with Gasteiger partial charge in [-0.25, -0.2) is 0 Å². The van der Waals surface area contributed by atoms with Gasteiger partial charge in [-0.1, -0.05) is 52.9 Å². The van der Waals surface area contributed by atoms with Gasteiger partial charge >= 0.3 is 0 Å². The Kier molecular flexibility index (Phi) is 6.13. The topological polar surface area (TPSA) is 66.9 Å². The van der Waals surface area contributed by atoms with Crippen molar-refractivity contribution in [1.29, 1.82) is 0 Å². The van der Waals surface area contributed by atoms with Crippen LogP contribution in [0.4, 0.5) is 16.5 Å². The van der Waals surface area contributed by atoms with Gasteiger partial charge < -0.3 is 10.6 Å². The van der Waals surface area contributed by atoms with Gasteiger partial charge in [0.1, 0.15) is 0 Å². The number of aryl methyl sites for hydroxylation is 1. The molecule has 0 bridgehead atoms. The lowest BCUT2D eigenvalue weighted by atomic mass is 10.2. The molecule has 2 aromatic carbocycles. The van der Waals surface area contributed by atoms with E-state index in [2.05, 4.69) is 20.8 Å². The van der Waals surface area contributed by atoms with Crippen LogP contribution in [0.1, 0.15) is 12.5 Å². The quantitative estimate of drug-likeness (QED) is 0.541. The fourth-order valence-electron chi connectivity index (χ4n) is 2.17. The van der Waals surface area contributed by atoms with E-state index in [1.54, 1.807) is 24.3 Å². The van der Waals surface area contributed by atoms with Crippen LogP contribution in [0.15, 0.2) is 52.9 Å². The Morgan fingerprint density at radius 3 is 2.69 bits per heavy atom. The van der Waals surface area contributed by atoms with E-state index >= 15 is 0 Å². The molecule has 1 heterocycles. The zero-order valence-electron chi connectivity index (χ0n) is 14.2. The molecule has 0 saturated carbocycles. The number of halogens is 1. The molecular formula is C18H17ClN4OS2. The van der Waals surface area contributed by atoms with Crippen molar-refractivity contribution in [3.63, 3.8) is 0 Å². The summed E-state index contributed by atoms with van der Waals surface area (Å²) in [5, 5.41) is 15.3. The summed E-state index contributed by atoms with van der Waals surface area (Å²) < 4.78 is 0.730. The predicted molar refractivity (Wildman–Crippen MR) is 110 cm³/mol. The number of nitrogens with zero attached hydrogens (tertiary/aromatic N) is 2. The summed E-state index contributed by atoms with van der Waals surface area (Å²) in [6, 6.07) is 15.1. The second-order valence-corrected chi connectivity index (χ2v) is 8.63. The number of thioether (sulfide) groups is 1. The number of anilines is 3. The molecule has 2 N–H and O–H groups in total. The number of carbonyl (C=O) groups is 1. The molecule has 0 spiro atoms. The monoisotopic (exact) mass is 404 g/mol. The Hall–Kier alpha value is -2.09. The Bertz CT molecular complexity index is 915. The van der Waals surface area contributed by atoms with Crippen LogP contribution in [0.25, 0.3) is 0 Å². The molecular weight excluding hydrogens is 388 g/mol. The van der Waals surface area contributed by atoms with Crippen molar-refractivity contribution in [2.24, 2.45) is 0 Å². The Labute approximate surface area is 165 Å². The largest absolute Gasteiger partial charge is 0.330 e. The minimum atomic E-state index is -0.311. The van der Waals surface area contributed by atoms with Crippen LogP contribution in [0.2, 0.25) is 5.02 Å². The lowest BCUT2D eigenvalue weighted by Crippen LogP contribution is -2.22. The lowest BCUT2D eigenvalue weighted by Gasteiger charge is -2.10. The summed E-state index contributed by atoms with van der Waals surface area (Å²) in [4.78, 5) is 12.3. The van der Waals surface area contributed by atoms with E-state index in [1.807, 2.05) is 38.1 Å². The van der Waals surface area contributed by atoms with Crippen molar-refractivity contribution in [3.05, 3.63) is 59.1 Å². The van der Waals surface area contributed by atoms with Crippen molar-refractivity contribution >= 4 is 57.1 Å². The molecule has 26 heavy (non-hydrogen) atoms. The number of hydrogen-bond acceptors (Lipinski definition) is 6. The molecule has 1 aromatic heterocycles. The summed E-state index contributed by atoms with van der Waals surface area (Å²) in [6.07, 6.45) is 0. The highest BCUT2D eigenvalue weighted by Crippen LogP contribution is 2.31. The molecule has 1 atom stereocenters. The maximum Gasteiger partial charge on any atom is 0.237 e. The maximum atomic E-state index is 12.3. The summed E-state index contributed by atoms with van der Waals surface area (Å²) in [5.74, 6) is -0.110. The summed E-state index contributed by atoms with van der Waals surface area (Å²) in [6.45, 7) is 3.87. The van der Waals surface area contributed by atoms with E-state index in [4.69, 9.17) is 11.6 Å². The third kappa shape index (κ3) is 5.20. The molecule has 0 radical (unpaired) electrons. The van der Waals surface area contributed by atoms with Crippen LogP contribution in [0, 0.1) is 6.92 Å². The first-order valence-corrected chi connectivity index (χ1v) is 9.97. The van der Waals surface area contributed by atoms with E-state index < -0.39 is 0 Å². The summed E-state index contributed by atoms with van der Waals surface area (Å²) in [5.41, 5.74) is 2.80. The standard InChI is InChI=1S/C18H17ClN4OS2/c1-11-5-3-7-14(9-11)21-17-22-23-18(26-17)25-12(2)16(24)20-15-8-4-6-13(19)10-15/h3-10,12H,1-2H3,(H,20,24)(H,21,22)/t12-/m0/s1. The summed E-state index contributed by atoms with van der Waals surface area (Å²) in [7, 11) is 0. The lowest BCUT2D eigenvalue weighted by molar-refractivity contribution is -0.115. The first-order chi connectivity index (χ1) is 12.5. The number of rotatable bonds is 6. The predicted octanol–water partition coefficient (Wildman–Crippen LogP) is 5.36. The van der Waals surface area contributed by atoms with Gasteiger partial charge in [-0.3, -0.25) is 4.79 Å². The Balaban J connectivity index is 1.58. The minimum Gasteiger partial charge on any atom is -0.330 e. The van der Waals surface area contributed by atoms with Crippen LogP contribution in [0.3, 0.4) is 0 Å². The molecule has 0 aliphatic heterocycles. The number of hydrogen-bond donors (Lipinski definition) is 2. The molecule has 0 aliphatic carbocycles. The molecule has 134 valence electrons. The smallest absolute Gasteiger partial charge is 0.237 e. The van der Waals surface area contributed by atoms with Crippen molar-refractivity contribution in [3.8, 4) is 0 Å². The van der Waals surface area contributed by atoms with Gasteiger partial charge in [0.15, 0.2) is 4.34 Å². The van der Waals surface area contributed by atoms with E-state index in [0.717, 1.165) is 10.0 Å². The number of amides is 1. The fourth-order valence-corrected chi connectivity index (χ4v) is 4.28. The zero-order valence-corrected chi connectivity index (χ0v) is 16.6. The van der Waals surface area contributed by atoms with Gasteiger partial charge in [-0.05, 0) is 49.7 Å². The Morgan fingerprint density at radius 2 is 1.92 bits per heavy atom. The molecule has 0 saturated heterocycles. The van der Waals surface area contributed by atoms with E-state index in [-0.39, 0.29) is 11.2 Å². The fraction of sp³-hybridized carbons (Fsp3) is 0.167. The molecule has 3 aromatic rings. The van der Waals surface area contributed by atoms with Gasteiger partial charge in [0.25, 0.3) is 0 Å². The van der Waals surface area contributed by atoms with Crippen molar-refractivity contribution < 1.29 is 4.79 Å². The van der Waals surface area contributed by atoms with Crippen LogP contribution in [-0.2, 0) is 4.79 Å². The van der Waals surface area contributed by atoms with Gasteiger partial charge in [0.2, 0.25) is 11.0 Å². The molecule has 0 fully saturated rings. The molecule has 0 unspecified atom stereocenters. The molecule has 5 nitrogen and oxygen atoms in total. The zero-order chi connectivity index (χ0) is 18.5. The minimum absolute atomic E-state index is 0.110. The number of aromatic nitrogens is 2. The number of nitrogens with one attached hydrogen (secondary N) is 2. The van der Waals surface area contributed by atoms with Crippen LogP contribution >= 0.6 is 34.7 Å². The normalized spacial score (nSPS) is 11.8.